The highest BCUT2D eigenvalue weighted by molar-refractivity contribution is 7.92. The molecule has 11 heteroatoms. The van der Waals surface area contributed by atoms with Gasteiger partial charge < -0.3 is 10.2 Å². The summed E-state index contributed by atoms with van der Waals surface area (Å²) >= 11 is 0. The molecular weight excluding hydrogens is 484 g/mol. The maximum absolute atomic E-state index is 13.6. The van der Waals surface area contributed by atoms with Gasteiger partial charge in [0, 0.05) is 24.7 Å². The first-order chi connectivity index (χ1) is 16.9. The van der Waals surface area contributed by atoms with E-state index in [4.69, 9.17) is 0 Å². The highest BCUT2D eigenvalue weighted by atomic mass is 32.2. The number of sulfonamides is 1. The molecule has 0 saturated heterocycles. The maximum Gasteiger partial charge on any atom is 0.271 e. The maximum atomic E-state index is 13.6. The number of anilines is 1. The van der Waals surface area contributed by atoms with Crippen molar-refractivity contribution < 1.29 is 22.9 Å². The van der Waals surface area contributed by atoms with Gasteiger partial charge in [0.25, 0.3) is 5.69 Å². The molecule has 10 nitrogen and oxygen atoms in total. The minimum absolute atomic E-state index is 0.00700. The normalized spacial score (nSPS) is 12.9. The van der Waals surface area contributed by atoms with Crippen LogP contribution < -0.4 is 9.62 Å². The van der Waals surface area contributed by atoms with Gasteiger partial charge >= 0.3 is 0 Å². The summed E-state index contributed by atoms with van der Waals surface area (Å²) in [5.41, 5.74) is 1.51. The van der Waals surface area contributed by atoms with Gasteiger partial charge in [-0.1, -0.05) is 49.7 Å². The van der Waals surface area contributed by atoms with Gasteiger partial charge in [-0.2, -0.15) is 0 Å². The molecule has 2 aromatic rings. The molecule has 196 valence electrons. The summed E-state index contributed by atoms with van der Waals surface area (Å²) in [6.07, 6.45) is 1.95. The predicted molar refractivity (Wildman–Crippen MR) is 139 cm³/mol. The van der Waals surface area contributed by atoms with Crippen LogP contribution in [0.4, 0.5) is 11.4 Å². The van der Waals surface area contributed by atoms with Crippen LogP contribution in [0.5, 0.6) is 0 Å². The van der Waals surface area contributed by atoms with E-state index >= 15 is 0 Å². The van der Waals surface area contributed by atoms with E-state index in [0.29, 0.717) is 12.8 Å². The first kappa shape index (κ1) is 28.8. The molecule has 2 atom stereocenters. The summed E-state index contributed by atoms with van der Waals surface area (Å²) in [4.78, 5) is 38.7. The van der Waals surface area contributed by atoms with Crippen LogP contribution >= 0.6 is 0 Å². The van der Waals surface area contributed by atoms with E-state index < -0.39 is 33.4 Å². The number of carbonyl (C=O) groups is 2. The molecule has 0 aromatic heterocycles. The van der Waals surface area contributed by atoms with Crippen LogP contribution in [0, 0.1) is 17.0 Å². The monoisotopic (exact) mass is 518 g/mol. The lowest BCUT2D eigenvalue weighted by molar-refractivity contribution is -0.384. The number of rotatable bonds is 12. The molecule has 0 aliphatic heterocycles. The third-order valence-corrected chi connectivity index (χ3v) is 7.01. The standard InChI is InChI=1S/C25H34N4O6S/c1-6-19(4)26-25(31)23(7-2)27(16-20-13-11-18(3)12-14-20)24(30)17-28(36(5,34)35)21-9-8-10-22(15-21)29(32)33/h8-15,19,23H,6-7,16-17H2,1-5H3,(H,26,31)/t19-,23+/m1/s1. The minimum atomic E-state index is -3.98. The predicted octanol–water partition coefficient (Wildman–Crippen LogP) is 3.39. The van der Waals surface area contributed by atoms with Crippen molar-refractivity contribution >= 4 is 33.2 Å². The van der Waals surface area contributed by atoms with Crippen LogP contribution in [-0.2, 0) is 26.2 Å². The molecule has 1 N–H and O–H groups in total. The number of hydrogen-bond donors (Lipinski definition) is 1. The molecule has 2 amide bonds. The smallest absolute Gasteiger partial charge is 0.271 e. The Hall–Kier alpha value is -3.47. The summed E-state index contributed by atoms with van der Waals surface area (Å²) in [7, 11) is -3.98. The Kier molecular flexibility index (Phi) is 9.97. The third kappa shape index (κ3) is 7.77. The second-order valence-corrected chi connectivity index (χ2v) is 10.7. The second kappa shape index (κ2) is 12.5. The lowest BCUT2D eigenvalue weighted by Gasteiger charge is -2.33. The molecule has 0 saturated carbocycles. The Bertz CT molecular complexity index is 1180. The van der Waals surface area contributed by atoms with Gasteiger partial charge in [-0.15, -0.1) is 0 Å². The molecule has 0 unspecified atom stereocenters. The average molecular weight is 519 g/mol. The SMILES string of the molecule is CC[C@@H](C)NC(=O)[C@H](CC)N(Cc1ccc(C)cc1)C(=O)CN(c1cccc([N+](=O)[O-])c1)S(C)(=O)=O. The summed E-state index contributed by atoms with van der Waals surface area (Å²) in [6.45, 7) is 7.00. The van der Waals surface area contributed by atoms with Gasteiger partial charge in [0.05, 0.1) is 16.9 Å². The molecule has 0 heterocycles. The molecule has 0 radical (unpaired) electrons. The van der Waals surface area contributed by atoms with Crippen LogP contribution in [0.15, 0.2) is 48.5 Å². The van der Waals surface area contributed by atoms with Crippen LogP contribution in [0.25, 0.3) is 0 Å². The molecule has 2 aromatic carbocycles. The van der Waals surface area contributed by atoms with Crippen LogP contribution in [0.2, 0.25) is 0 Å². The number of aryl methyl sites for hydroxylation is 1. The second-order valence-electron chi connectivity index (χ2n) is 8.80. The molecule has 0 fully saturated rings. The molecule has 0 bridgehead atoms. The van der Waals surface area contributed by atoms with Crippen molar-refractivity contribution in [3.8, 4) is 0 Å². The van der Waals surface area contributed by atoms with E-state index in [1.54, 1.807) is 6.92 Å². The molecule has 2 rings (SSSR count). The lowest BCUT2D eigenvalue weighted by Crippen LogP contribution is -2.53. The van der Waals surface area contributed by atoms with Gasteiger partial charge in [-0.3, -0.25) is 24.0 Å². The van der Waals surface area contributed by atoms with Crippen LogP contribution in [0.1, 0.15) is 44.7 Å². The minimum Gasteiger partial charge on any atom is -0.352 e. The topological polar surface area (TPSA) is 130 Å². The van der Waals surface area contributed by atoms with E-state index in [9.17, 15) is 28.1 Å². The number of nitrogens with one attached hydrogen (secondary N) is 1. The third-order valence-electron chi connectivity index (χ3n) is 5.87. The number of nitrogens with zero attached hydrogens (tertiary/aromatic N) is 3. The van der Waals surface area contributed by atoms with Crippen molar-refractivity contribution in [2.45, 2.75) is 59.2 Å². The van der Waals surface area contributed by atoms with Crippen LogP contribution in [-0.4, -0.2) is 54.9 Å². The molecular formula is C25H34N4O6S. The number of nitro groups is 1. The van der Waals surface area contributed by atoms with Gasteiger partial charge in [-0.25, -0.2) is 8.42 Å². The van der Waals surface area contributed by atoms with Crippen molar-refractivity contribution in [3.05, 3.63) is 69.8 Å². The van der Waals surface area contributed by atoms with Crippen molar-refractivity contribution in [1.82, 2.24) is 10.2 Å². The highest BCUT2D eigenvalue weighted by Crippen LogP contribution is 2.24. The summed E-state index contributed by atoms with van der Waals surface area (Å²) < 4.78 is 26.1. The Morgan fingerprint density at radius 2 is 1.72 bits per heavy atom. The van der Waals surface area contributed by atoms with Crippen molar-refractivity contribution in [2.75, 3.05) is 17.1 Å². The number of amides is 2. The van der Waals surface area contributed by atoms with Crippen LogP contribution in [0.3, 0.4) is 0 Å². The largest absolute Gasteiger partial charge is 0.352 e. The van der Waals surface area contributed by atoms with Crippen molar-refractivity contribution in [3.63, 3.8) is 0 Å². The molecule has 0 aliphatic carbocycles. The Balaban J connectivity index is 2.47. The zero-order valence-corrected chi connectivity index (χ0v) is 22.1. The van der Waals surface area contributed by atoms with E-state index in [-0.39, 0.29) is 29.9 Å². The Morgan fingerprint density at radius 3 is 2.25 bits per heavy atom. The quantitative estimate of drug-likeness (QED) is 0.339. The Labute approximate surface area is 212 Å². The first-order valence-corrected chi connectivity index (χ1v) is 13.6. The van der Waals surface area contributed by atoms with Gasteiger partial charge in [0.15, 0.2) is 0 Å². The highest BCUT2D eigenvalue weighted by Gasteiger charge is 2.32. The Morgan fingerprint density at radius 1 is 1.08 bits per heavy atom. The number of non-ortho nitro benzene ring substituents is 1. The fraction of sp³-hybridized carbons (Fsp3) is 0.440. The fourth-order valence-electron chi connectivity index (χ4n) is 3.63. The van der Waals surface area contributed by atoms with Crippen molar-refractivity contribution in [1.29, 1.82) is 0 Å². The lowest BCUT2D eigenvalue weighted by atomic mass is 10.1. The number of nitro benzene ring substituents is 1. The zero-order valence-electron chi connectivity index (χ0n) is 21.3. The summed E-state index contributed by atoms with van der Waals surface area (Å²) in [5.74, 6) is -0.924. The molecule has 0 aliphatic rings. The summed E-state index contributed by atoms with van der Waals surface area (Å²) in [5, 5.41) is 14.1. The van der Waals surface area contributed by atoms with Gasteiger partial charge in [0.2, 0.25) is 21.8 Å². The van der Waals surface area contributed by atoms with E-state index in [2.05, 4.69) is 5.32 Å². The van der Waals surface area contributed by atoms with E-state index in [0.717, 1.165) is 27.8 Å². The van der Waals surface area contributed by atoms with E-state index in [1.807, 2.05) is 45.0 Å². The van der Waals surface area contributed by atoms with Crippen molar-refractivity contribution in [2.24, 2.45) is 0 Å². The number of hydrogen-bond acceptors (Lipinski definition) is 6. The first-order valence-electron chi connectivity index (χ1n) is 11.7. The number of benzene rings is 2. The average Bonchev–Trinajstić information content (AvgIpc) is 2.82. The fourth-order valence-corrected chi connectivity index (χ4v) is 4.47. The van der Waals surface area contributed by atoms with E-state index in [1.165, 1.54) is 23.1 Å². The molecule has 0 spiro atoms. The summed E-state index contributed by atoms with van der Waals surface area (Å²) in [6, 6.07) is 11.6. The number of carbonyl (C=O) groups excluding carboxylic acids is 2. The zero-order chi connectivity index (χ0) is 27.0. The molecule has 36 heavy (non-hydrogen) atoms. The van der Waals surface area contributed by atoms with Gasteiger partial charge in [0.1, 0.15) is 12.6 Å². The van der Waals surface area contributed by atoms with Gasteiger partial charge in [-0.05, 0) is 38.3 Å².